The Kier molecular flexibility index (Phi) is 4.71. The summed E-state index contributed by atoms with van der Waals surface area (Å²) in [5, 5.41) is 14.0. The second kappa shape index (κ2) is 7.10. The fourth-order valence-corrected chi connectivity index (χ4v) is 2.96. The van der Waals surface area contributed by atoms with E-state index in [2.05, 4.69) is 10.3 Å². The molecule has 0 bridgehead atoms. The van der Waals surface area contributed by atoms with Gasteiger partial charge in [0.05, 0.1) is 16.9 Å². The van der Waals surface area contributed by atoms with Crippen molar-refractivity contribution in [1.29, 1.82) is 0 Å². The number of rotatable bonds is 5. The number of anilines is 1. The summed E-state index contributed by atoms with van der Waals surface area (Å²) in [4.78, 5) is 27.5. The Bertz CT molecular complexity index is 922. The van der Waals surface area contributed by atoms with E-state index in [1.165, 1.54) is 23.5 Å². The van der Waals surface area contributed by atoms with Gasteiger partial charge in [0, 0.05) is 29.5 Å². The molecule has 0 radical (unpaired) electrons. The summed E-state index contributed by atoms with van der Waals surface area (Å²) in [6.45, 7) is 0. The number of nitro benzene ring substituents is 1. The number of methoxy groups -OCH3 is 1. The average molecular weight is 355 g/mol. The van der Waals surface area contributed by atoms with Gasteiger partial charge in [-0.2, -0.15) is 0 Å². The van der Waals surface area contributed by atoms with Gasteiger partial charge < -0.3 is 4.74 Å². The number of aromatic nitrogens is 1. The Hall–Kier alpha value is -3.26. The maximum Gasteiger partial charge on any atom is 0.270 e. The lowest BCUT2D eigenvalue weighted by Crippen LogP contribution is -2.11. The number of thiazole rings is 1. The van der Waals surface area contributed by atoms with Crippen molar-refractivity contribution in [2.45, 2.75) is 0 Å². The van der Waals surface area contributed by atoms with Gasteiger partial charge in [-0.15, -0.1) is 0 Å². The van der Waals surface area contributed by atoms with E-state index in [0.29, 0.717) is 22.0 Å². The first kappa shape index (κ1) is 16.6. The van der Waals surface area contributed by atoms with Gasteiger partial charge in [-0.25, -0.2) is 4.98 Å². The third kappa shape index (κ3) is 3.81. The van der Waals surface area contributed by atoms with Crippen LogP contribution in [-0.4, -0.2) is 22.9 Å². The summed E-state index contributed by atoms with van der Waals surface area (Å²) in [5.41, 5.74) is 1.17. The van der Waals surface area contributed by atoms with Crippen molar-refractivity contribution >= 4 is 28.1 Å². The first-order valence-electron chi connectivity index (χ1n) is 7.23. The van der Waals surface area contributed by atoms with Gasteiger partial charge in [-0.05, 0) is 24.3 Å². The Morgan fingerprint density at radius 3 is 2.68 bits per heavy atom. The molecule has 1 amide bonds. The van der Waals surface area contributed by atoms with E-state index in [1.54, 1.807) is 49.7 Å². The summed E-state index contributed by atoms with van der Waals surface area (Å²) in [7, 11) is 1.56. The van der Waals surface area contributed by atoms with Gasteiger partial charge in [-0.3, -0.25) is 20.2 Å². The number of ether oxygens (including phenoxy) is 1. The predicted octanol–water partition coefficient (Wildman–Crippen LogP) is 3.98. The highest BCUT2D eigenvalue weighted by atomic mass is 32.1. The molecule has 3 aromatic rings. The molecule has 8 heteroatoms. The van der Waals surface area contributed by atoms with Gasteiger partial charge in [0.15, 0.2) is 5.13 Å². The number of benzene rings is 2. The van der Waals surface area contributed by atoms with Crippen LogP contribution in [0.25, 0.3) is 10.4 Å². The van der Waals surface area contributed by atoms with Crippen molar-refractivity contribution in [2.75, 3.05) is 12.4 Å². The zero-order valence-electron chi connectivity index (χ0n) is 13.1. The van der Waals surface area contributed by atoms with E-state index < -0.39 is 4.92 Å². The average Bonchev–Trinajstić information content (AvgIpc) is 3.10. The topological polar surface area (TPSA) is 94.4 Å². The van der Waals surface area contributed by atoms with Crippen molar-refractivity contribution in [3.63, 3.8) is 0 Å². The molecular formula is C17H13N3O4S. The molecule has 0 aliphatic rings. The zero-order chi connectivity index (χ0) is 17.8. The van der Waals surface area contributed by atoms with Crippen LogP contribution in [0.5, 0.6) is 5.75 Å². The molecule has 0 unspecified atom stereocenters. The summed E-state index contributed by atoms with van der Waals surface area (Å²) in [6.07, 6.45) is 1.58. The van der Waals surface area contributed by atoms with Gasteiger partial charge in [-0.1, -0.05) is 23.5 Å². The van der Waals surface area contributed by atoms with E-state index >= 15 is 0 Å². The number of carbonyl (C=O) groups excluding carboxylic acids is 1. The lowest BCUT2D eigenvalue weighted by atomic mass is 10.2. The zero-order valence-corrected chi connectivity index (χ0v) is 13.9. The normalized spacial score (nSPS) is 10.3. The quantitative estimate of drug-likeness (QED) is 0.552. The molecule has 1 N–H and O–H groups in total. The SMILES string of the molecule is COc1ccc(C(=O)Nc2ncc(-c3cccc([N+](=O)[O-])c3)s2)cc1. The van der Waals surface area contributed by atoms with Crippen molar-refractivity contribution < 1.29 is 14.5 Å². The highest BCUT2D eigenvalue weighted by molar-refractivity contribution is 7.19. The van der Waals surface area contributed by atoms with Crippen LogP contribution in [0.1, 0.15) is 10.4 Å². The van der Waals surface area contributed by atoms with Crippen LogP contribution in [0.2, 0.25) is 0 Å². The minimum atomic E-state index is -0.448. The molecule has 7 nitrogen and oxygen atoms in total. The second-order valence-electron chi connectivity index (χ2n) is 5.02. The van der Waals surface area contributed by atoms with Crippen molar-refractivity contribution in [2.24, 2.45) is 0 Å². The van der Waals surface area contributed by atoms with E-state index in [-0.39, 0.29) is 11.6 Å². The van der Waals surface area contributed by atoms with Crippen LogP contribution in [0.4, 0.5) is 10.8 Å². The maximum atomic E-state index is 12.2. The molecule has 0 atom stereocenters. The van der Waals surface area contributed by atoms with Crippen LogP contribution in [0.15, 0.2) is 54.7 Å². The fourth-order valence-electron chi connectivity index (χ4n) is 2.15. The molecule has 0 spiro atoms. The smallest absolute Gasteiger partial charge is 0.270 e. The van der Waals surface area contributed by atoms with Gasteiger partial charge in [0.1, 0.15) is 5.75 Å². The molecule has 0 saturated carbocycles. The van der Waals surface area contributed by atoms with E-state index in [0.717, 1.165) is 4.88 Å². The third-order valence-corrected chi connectivity index (χ3v) is 4.38. The lowest BCUT2D eigenvalue weighted by Gasteiger charge is -2.03. The number of nitrogens with zero attached hydrogens (tertiary/aromatic N) is 2. The van der Waals surface area contributed by atoms with Crippen LogP contribution in [0, 0.1) is 10.1 Å². The van der Waals surface area contributed by atoms with Gasteiger partial charge >= 0.3 is 0 Å². The molecule has 2 aromatic carbocycles. The highest BCUT2D eigenvalue weighted by Gasteiger charge is 2.12. The van der Waals surface area contributed by atoms with E-state index in [1.807, 2.05) is 0 Å². The van der Waals surface area contributed by atoms with E-state index in [4.69, 9.17) is 4.74 Å². The first-order chi connectivity index (χ1) is 12.1. The summed E-state index contributed by atoms with van der Waals surface area (Å²) in [6, 6.07) is 13.0. The van der Waals surface area contributed by atoms with Crippen molar-refractivity contribution in [1.82, 2.24) is 4.98 Å². The van der Waals surface area contributed by atoms with Crippen LogP contribution in [0.3, 0.4) is 0 Å². The Morgan fingerprint density at radius 2 is 2.00 bits per heavy atom. The molecular weight excluding hydrogens is 342 g/mol. The van der Waals surface area contributed by atoms with Crippen molar-refractivity contribution in [3.05, 3.63) is 70.4 Å². The standard InChI is InChI=1S/C17H13N3O4S/c1-24-14-7-5-11(6-8-14)16(21)19-17-18-10-15(25-17)12-3-2-4-13(9-12)20(22)23/h2-10H,1H3,(H,18,19,21). The molecule has 0 saturated heterocycles. The number of carbonyl (C=O) groups is 1. The third-order valence-electron chi connectivity index (χ3n) is 3.42. The maximum absolute atomic E-state index is 12.2. The minimum absolute atomic E-state index is 0.00900. The van der Waals surface area contributed by atoms with Gasteiger partial charge in [0.2, 0.25) is 0 Å². The van der Waals surface area contributed by atoms with Gasteiger partial charge in [0.25, 0.3) is 11.6 Å². The highest BCUT2D eigenvalue weighted by Crippen LogP contribution is 2.31. The molecule has 3 rings (SSSR count). The number of amides is 1. The number of hydrogen-bond donors (Lipinski definition) is 1. The molecule has 0 aliphatic carbocycles. The lowest BCUT2D eigenvalue weighted by molar-refractivity contribution is -0.384. The minimum Gasteiger partial charge on any atom is -0.497 e. The molecule has 25 heavy (non-hydrogen) atoms. The molecule has 1 heterocycles. The number of nitro groups is 1. The number of nitrogens with one attached hydrogen (secondary N) is 1. The first-order valence-corrected chi connectivity index (χ1v) is 8.04. The largest absolute Gasteiger partial charge is 0.497 e. The Labute approximate surface area is 147 Å². The summed E-state index contributed by atoms with van der Waals surface area (Å²) < 4.78 is 5.06. The summed E-state index contributed by atoms with van der Waals surface area (Å²) >= 11 is 1.25. The molecule has 1 aromatic heterocycles. The Balaban J connectivity index is 1.76. The predicted molar refractivity (Wildman–Crippen MR) is 95.2 cm³/mol. The molecule has 126 valence electrons. The number of hydrogen-bond acceptors (Lipinski definition) is 6. The second-order valence-corrected chi connectivity index (χ2v) is 6.05. The van der Waals surface area contributed by atoms with Crippen LogP contribution in [-0.2, 0) is 0 Å². The van der Waals surface area contributed by atoms with Crippen LogP contribution >= 0.6 is 11.3 Å². The van der Waals surface area contributed by atoms with Crippen molar-refractivity contribution in [3.8, 4) is 16.2 Å². The van der Waals surface area contributed by atoms with E-state index in [9.17, 15) is 14.9 Å². The molecule has 0 aliphatic heterocycles. The summed E-state index contributed by atoms with van der Waals surface area (Å²) in [5.74, 6) is 0.376. The van der Waals surface area contributed by atoms with Crippen LogP contribution < -0.4 is 10.1 Å². The molecule has 0 fully saturated rings. The number of non-ortho nitro benzene ring substituents is 1. The Morgan fingerprint density at radius 1 is 1.24 bits per heavy atom. The monoisotopic (exact) mass is 355 g/mol. The fraction of sp³-hybridized carbons (Fsp3) is 0.0588.